The van der Waals surface area contributed by atoms with Crippen molar-refractivity contribution in [2.45, 2.75) is 48.6 Å². The summed E-state index contributed by atoms with van der Waals surface area (Å²) in [5.74, 6) is 0. The summed E-state index contributed by atoms with van der Waals surface area (Å²) in [6, 6.07) is 2.13. The molecule has 3 atom stereocenters. The quantitative estimate of drug-likeness (QED) is 0.848. The van der Waals surface area contributed by atoms with Crippen LogP contribution >= 0.6 is 11.6 Å². The first-order chi connectivity index (χ1) is 11.7. The molecule has 2 aliphatic rings. The predicted octanol–water partition coefficient (Wildman–Crippen LogP) is 2.97. The number of nitrogens with one attached hydrogen (secondary N) is 1. The zero-order chi connectivity index (χ0) is 18.2. The predicted molar refractivity (Wildman–Crippen MR) is 83.9 cm³/mol. The van der Waals surface area contributed by atoms with E-state index in [1.54, 1.807) is 0 Å². The highest BCUT2D eigenvalue weighted by molar-refractivity contribution is 7.89. The standard InChI is InChI=1S/C15H17ClF3NO4S/c16-12-3-2-10(8-11(12)15(17,18)19)25(21,22)20-9-1-4-13-14(7-9)24-6-5-23-13/h2-3,8-9,13-14,20H,1,4-7H2. The van der Waals surface area contributed by atoms with Gasteiger partial charge in [0.25, 0.3) is 0 Å². The molecule has 10 heteroatoms. The Labute approximate surface area is 148 Å². The van der Waals surface area contributed by atoms with E-state index in [2.05, 4.69) is 4.72 Å². The second kappa shape index (κ2) is 7.03. The first-order valence-electron chi connectivity index (χ1n) is 7.79. The molecule has 3 unspecified atom stereocenters. The van der Waals surface area contributed by atoms with Crippen LogP contribution in [0.5, 0.6) is 0 Å². The molecule has 1 aliphatic heterocycles. The Bertz CT molecular complexity index is 741. The molecular weight excluding hydrogens is 383 g/mol. The van der Waals surface area contributed by atoms with Crippen molar-refractivity contribution in [3.63, 3.8) is 0 Å². The van der Waals surface area contributed by atoms with E-state index in [4.69, 9.17) is 21.1 Å². The highest BCUT2D eigenvalue weighted by Crippen LogP contribution is 2.36. The molecule has 140 valence electrons. The molecule has 5 nitrogen and oxygen atoms in total. The van der Waals surface area contributed by atoms with Gasteiger partial charge < -0.3 is 9.47 Å². The Hall–Kier alpha value is -0.870. The molecule has 0 amide bonds. The lowest BCUT2D eigenvalue weighted by Crippen LogP contribution is -2.49. The fourth-order valence-corrected chi connectivity index (χ4v) is 4.68. The second-order valence-corrected chi connectivity index (χ2v) is 8.21. The zero-order valence-corrected chi connectivity index (χ0v) is 14.6. The number of fused-ring (bicyclic) bond motifs is 1. The maximum absolute atomic E-state index is 12.9. The van der Waals surface area contributed by atoms with Crippen LogP contribution in [-0.2, 0) is 25.7 Å². The number of halogens is 4. The van der Waals surface area contributed by atoms with Gasteiger partial charge in [-0.15, -0.1) is 0 Å². The molecular formula is C15H17ClF3NO4S. The van der Waals surface area contributed by atoms with Crippen molar-refractivity contribution in [3.8, 4) is 0 Å². The first kappa shape index (κ1) is 18.9. The van der Waals surface area contributed by atoms with Gasteiger partial charge in [0.2, 0.25) is 10.0 Å². The van der Waals surface area contributed by atoms with Gasteiger partial charge in [0.05, 0.1) is 40.9 Å². The molecule has 1 heterocycles. The largest absolute Gasteiger partial charge is 0.417 e. The van der Waals surface area contributed by atoms with E-state index < -0.39 is 37.7 Å². The summed E-state index contributed by atoms with van der Waals surface area (Å²) in [7, 11) is -4.10. The van der Waals surface area contributed by atoms with Crippen molar-refractivity contribution >= 4 is 21.6 Å². The average molecular weight is 400 g/mol. The molecule has 0 bridgehead atoms. The third-order valence-corrected chi connectivity index (χ3v) is 6.20. The van der Waals surface area contributed by atoms with Crippen LogP contribution in [0.1, 0.15) is 24.8 Å². The van der Waals surface area contributed by atoms with Gasteiger partial charge in [-0.1, -0.05) is 11.6 Å². The molecule has 25 heavy (non-hydrogen) atoms. The zero-order valence-electron chi connectivity index (χ0n) is 13.1. The van der Waals surface area contributed by atoms with Crippen molar-refractivity contribution < 1.29 is 31.1 Å². The van der Waals surface area contributed by atoms with Gasteiger partial charge in [-0.2, -0.15) is 13.2 Å². The van der Waals surface area contributed by atoms with Crippen molar-refractivity contribution in [1.82, 2.24) is 4.72 Å². The SMILES string of the molecule is O=S(=O)(NC1CCC2OCCOC2C1)c1ccc(Cl)c(C(F)(F)F)c1. The summed E-state index contributed by atoms with van der Waals surface area (Å²) in [6.07, 6.45) is -3.40. The lowest BCUT2D eigenvalue weighted by Gasteiger charge is -2.38. The van der Waals surface area contributed by atoms with E-state index in [0.717, 1.165) is 12.1 Å². The highest BCUT2D eigenvalue weighted by Gasteiger charge is 2.37. The number of rotatable bonds is 3. The van der Waals surface area contributed by atoms with Crippen LogP contribution < -0.4 is 4.72 Å². The first-order valence-corrected chi connectivity index (χ1v) is 9.65. The van der Waals surface area contributed by atoms with Crippen LogP contribution in [0.2, 0.25) is 5.02 Å². The minimum absolute atomic E-state index is 0.0538. The number of ether oxygens (including phenoxy) is 2. The number of hydrogen-bond donors (Lipinski definition) is 1. The summed E-state index contributed by atoms with van der Waals surface area (Å²) >= 11 is 5.53. The minimum Gasteiger partial charge on any atom is -0.373 e. The maximum atomic E-state index is 12.9. The monoisotopic (exact) mass is 399 g/mol. The molecule has 1 saturated heterocycles. The van der Waals surface area contributed by atoms with E-state index in [9.17, 15) is 21.6 Å². The summed E-state index contributed by atoms with van der Waals surface area (Å²) in [4.78, 5) is -0.466. The van der Waals surface area contributed by atoms with Crippen LogP contribution in [0.4, 0.5) is 13.2 Å². The summed E-state index contributed by atoms with van der Waals surface area (Å²) < 4.78 is 77.3. The lowest BCUT2D eigenvalue weighted by atomic mass is 9.90. The normalized spacial score (nSPS) is 27.8. The van der Waals surface area contributed by atoms with Crippen molar-refractivity contribution in [2.24, 2.45) is 0 Å². The Morgan fingerprint density at radius 2 is 1.80 bits per heavy atom. The topological polar surface area (TPSA) is 64.6 Å². The van der Waals surface area contributed by atoms with E-state index in [0.29, 0.717) is 38.5 Å². The molecule has 0 radical (unpaired) electrons. The molecule has 1 aromatic carbocycles. The van der Waals surface area contributed by atoms with Crippen LogP contribution in [0.3, 0.4) is 0 Å². The molecule has 1 aromatic rings. The van der Waals surface area contributed by atoms with E-state index in [-0.39, 0.29) is 12.2 Å². The van der Waals surface area contributed by atoms with Gasteiger partial charge >= 0.3 is 6.18 Å². The molecule has 3 rings (SSSR count). The number of sulfonamides is 1. The van der Waals surface area contributed by atoms with Gasteiger partial charge in [0, 0.05) is 6.04 Å². The number of alkyl halides is 3. The Morgan fingerprint density at radius 1 is 1.12 bits per heavy atom. The summed E-state index contributed by atoms with van der Waals surface area (Å²) in [5.41, 5.74) is -1.18. The molecule has 0 spiro atoms. The summed E-state index contributed by atoms with van der Waals surface area (Å²) in [6.45, 7) is 0.968. The van der Waals surface area contributed by atoms with Gasteiger partial charge in [-0.05, 0) is 37.5 Å². The van der Waals surface area contributed by atoms with E-state index >= 15 is 0 Å². The smallest absolute Gasteiger partial charge is 0.373 e. The third kappa shape index (κ3) is 4.28. The molecule has 1 saturated carbocycles. The molecule has 0 aromatic heterocycles. The average Bonchev–Trinajstić information content (AvgIpc) is 2.53. The Morgan fingerprint density at radius 3 is 2.48 bits per heavy atom. The Balaban J connectivity index is 1.76. The fourth-order valence-electron chi connectivity index (χ4n) is 3.15. The Kier molecular flexibility index (Phi) is 5.32. The number of hydrogen-bond acceptors (Lipinski definition) is 4. The van der Waals surface area contributed by atoms with Crippen LogP contribution in [-0.4, -0.2) is 39.9 Å². The molecule has 1 aliphatic carbocycles. The van der Waals surface area contributed by atoms with Gasteiger partial charge in [0.15, 0.2) is 0 Å². The highest BCUT2D eigenvalue weighted by atomic mass is 35.5. The van der Waals surface area contributed by atoms with E-state index in [1.165, 1.54) is 0 Å². The van der Waals surface area contributed by atoms with E-state index in [1.807, 2.05) is 0 Å². The minimum atomic E-state index is -4.73. The van der Waals surface area contributed by atoms with Crippen molar-refractivity contribution in [3.05, 3.63) is 28.8 Å². The maximum Gasteiger partial charge on any atom is 0.417 e. The molecule has 1 N–H and O–H groups in total. The lowest BCUT2D eigenvalue weighted by molar-refractivity contribution is -0.156. The fraction of sp³-hybridized carbons (Fsp3) is 0.600. The van der Waals surface area contributed by atoms with Crippen molar-refractivity contribution in [1.29, 1.82) is 0 Å². The van der Waals surface area contributed by atoms with Crippen molar-refractivity contribution in [2.75, 3.05) is 13.2 Å². The second-order valence-electron chi connectivity index (χ2n) is 6.09. The van der Waals surface area contributed by atoms with Crippen LogP contribution in [0.15, 0.2) is 23.1 Å². The number of benzene rings is 1. The third-order valence-electron chi connectivity index (χ3n) is 4.35. The van der Waals surface area contributed by atoms with Gasteiger partial charge in [-0.3, -0.25) is 0 Å². The van der Waals surface area contributed by atoms with Gasteiger partial charge in [0.1, 0.15) is 0 Å². The van der Waals surface area contributed by atoms with Crippen LogP contribution in [0, 0.1) is 0 Å². The molecule has 2 fully saturated rings. The van der Waals surface area contributed by atoms with Gasteiger partial charge in [-0.25, -0.2) is 13.1 Å². The summed E-state index contributed by atoms with van der Waals surface area (Å²) in [5, 5.41) is -0.542. The van der Waals surface area contributed by atoms with Crippen LogP contribution in [0.25, 0.3) is 0 Å².